The summed E-state index contributed by atoms with van der Waals surface area (Å²) in [6.45, 7) is 3.04. The number of carbonyl (C=O) groups excluding carboxylic acids is 2. The van der Waals surface area contributed by atoms with Gasteiger partial charge in [0.1, 0.15) is 5.82 Å². The van der Waals surface area contributed by atoms with E-state index in [1.165, 1.54) is 6.07 Å². The van der Waals surface area contributed by atoms with Crippen LogP contribution in [0, 0.1) is 0 Å². The molecule has 0 atom stereocenters. The molecule has 7 heteroatoms. The highest BCUT2D eigenvalue weighted by Gasteiger charge is 2.17. The molecule has 1 aromatic carbocycles. The highest BCUT2D eigenvalue weighted by Crippen LogP contribution is 2.16. The zero-order valence-electron chi connectivity index (χ0n) is 14.9. The molecule has 1 aliphatic heterocycles. The van der Waals surface area contributed by atoms with E-state index < -0.39 is 5.97 Å². The maximum absolute atomic E-state index is 12.4. The summed E-state index contributed by atoms with van der Waals surface area (Å²) in [4.78, 5) is 40.8. The highest BCUT2D eigenvalue weighted by molar-refractivity contribution is 5.95. The van der Waals surface area contributed by atoms with Gasteiger partial charge >= 0.3 is 5.97 Å². The number of hydrogen-bond donors (Lipinski definition) is 1. The summed E-state index contributed by atoms with van der Waals surface area (Å²) in [6.07, 6.45) is 4.70. The Hall–Kier alpha value is -2.70. The summed E-state index contributed by atoms with van der Waals surface area (Å²) in [7, 11) is 0. The monoisotopic (exact) mass is 357 g/mol. The standard InChI is InChI=1S/C19H23N3O4/c1-2-3-4-9-20-17(23)12-26-19(25)13-7-8-14-15(11-13)21-16-6-5-10-22(16)18(14)24/h7-8,11H,2-6,9-10,12H2,1H3,(H,20,23). The number of benzene rings is 1. The van der Waals surface area contributed by atoms with Crippen molar-refractivity contribution in [1.82, 2.24) is 14.9 Å². The van der Waals surface area contributed by atoms with Crippen molar-refractivity contribution >= 4 is 22.8 Å². The van der Waals surface area contributed by atoms with E-state index in [0.717, 1.165) is 37.9 Å². The molecule has 0 spiro atoms. The van der Waals surface area contributed by atoms with E-state index in [1.54, 1.807) is 16.7 Å². The Morgan fingerprint density at radius 2 is 2.15 bits per heavy atom. The van der Waals surface area contributed by atoms with Gasteiger partial charge in [-0.15, -0.1) is 0 Å². The van der Waals surface area contributed by atoms with E-state index in [0.29, 0.717) is 24.0 Å². The third-order valence-electron chi connectivity index (χ3n) is 4.49. The average molecular weight is 357 g/mol. The molecule has 3 rings (SSSR count). The van der Waals surface area contributed by atoms with E-state index in [1.807, 2.05) is 0 Å². The number of nitrogens with one attached hydrogen (secondary N) is 1. The average Bonchev–Trinajstić information content (AvgIpc) is 3.11. The zero-order chi connectivity index (χ0) is 18.5. The molecule has 0 fully saturated rings. The topological polar surface area (TPSA) is 90.3 Å². The van der Waals surface area contributed by atoms with Gasteiger partial charge in [-0.05, 0) is 31.0 Å². The van der Waals surface area contributed by atoms with Crippen LogP contribution in [0.2, 0.25) is 0 Å². The van der Waals surface area contributed by atoms with Gasteiger partial charge in [0.15, 0.2) is 6.61 Å². The number of nitrogens with zero attached hydrogens (tertiary/aromatic N) is 2. The maximum Gasteiger partial charge on any atom is 0.338 e. The fraction of sp³-hybridized carbons (Fsp3) is 0.474. The minimum absolute atomic E-state index is 0.0751. The van der Waals surface area contributed by atoms with Gasteiger partial charge in [0, 0.05) is 19.5 Å². The summed E-state index contributed by atoms with van der Waals surface area (Å²) < 4.78 is 6.74. The quantitative estimate of drug-likeness (QED) is 0.603. The summed E-state index contributed by atoms with van der Waals surface area (Å²) in [5.74, 6) is -0.165. The van der Waals surface area contributed by atoms with Crippen LogP contribution in [0.4, 0.5) is 0 Å². The van der Waals surface area contributed by atoms with Gasteiger partial charge in [-0.1, -0.05) is 19.8 Å². The van der Waals surface area contributed by atoms with Gasteiger partial charge in [-0.3, -0.25) is 14.2 Å². The first-order valence-electron chi connectivity index (χ1n) is 9.07. The van der Waals surface area contributed by atoms with E-state index in [9.17, 15) is 14.4 Å². The molecule has 1 aliphatic rings. The molecular formula is C19H23N3O4. The minimum atomic E-state index is -0.599. The van der Waals surface area contributed by atoms with Gasteiger partial charge in [-0.25, -0.2) is 9.78 Å². The van der Waals surface area contributed by atoms with Crippen LogP contribution < -0.4 is 10.9 Å². The lowest BCUT2D eigenvalue weighted by molar-refractivity contribution is -0.124. The van der Waals surface area contributed by atoms with Crippen LogP contribution in [0.15, 0.2) is 23.0 Å². The normalized spacial score (nSPS) is 12.8. The molecule has 7 nitrogen and oxygen atoms in total. The van der Waals surface area contributed by atoms with Crippen molar-refractivity contribution in [1.29, 1.82) is 0 Å². The Morgan fingerprint density at radius 1 is 1.31 bits per heavy atom. The molecular weight excluding hydrogens is 334 g/mol. The molecule has 2 aromatic rings. The number of unbranched alkanes of at least 4 members (excludes halogenated alkanes) is 2. The fourth-order valence-corrected chi connectivity index (χ4v) is 3.08. The third-order valence-corrected chi connectivity index (χ3v) is 4.49. The van der Waals surface area contributed by atoms with Crippen molar-refractivity contribution in [3.63, 3.8) is 0 Å². The van der Waals surface area contributed by atoms with Gasteiger partial charge in [-0.2, -0.15) is 0 Å². The molecule has 0 radical (unpaired) electrons. The molecule has 2 heterocycles. The number of esters is 1. The van der Waals surface area contributed by atoms with Crippen LogP contribution in [-0.2, 0) is 22.5 Å². The number of carbonyl (C=O) groups is 2. The number of amides is 1. The Labute approximate surface area is 151 Å². The van der Waals surface area contributed by atoms with Crippen molar-refractivity contribution in [2.24, 2.45) is 0 Å². The lowest BCUT2D eigenvalue weighted by Crippen LogP contribution is -2.29. The molecule has 0 saturated heterocycles. The minimum Gasteiger partial charge on any atom is -0.452 e. The number of rotatable bonds is 7. The van der Waals surface area contributed by atoms with Crippen LogP contribution in [0.5, 0.6) is 0 Å². The summed E-state index contributed by atoms with van der Waals surface area (Å²) in [5.41, 5.74) is 0.696. The van der Waals surface area contributed by atoms with Crippen molar-refractivity contribution in [2.45, 2.75) is 45.6 Å². The second-order valence-corrected chi connectivity index (χ2v) is 6.45. The fourth-order valence-electron chi connectivity index (χ4n) is 3.08. The first kappa shape index (κ1) is 18.1. The maximum atomic E-state index is 12.4. The molecule has 0 unspecified atom stereocenters. The predicted molar refractivity (Wildman–Crippen MR) is 97.1 cm³/mol. The van der Waals surface area contributed by atoms with E-state index in [2.05, 4.69) is 17.2 Å². The van der Waals surface area contributed by atoms with Gasteiger partial charge in [0.2, 0.25) is 0 Å². The van der Waals surface area contributed by atoms with E-state index in [-0.39, 0.29) is 23.6 Å². The number of fused-ring (bicyclic) bond motifs is 2. The number of aryl methyl sites for hydroxylation is 1. The van der Waals surface area contributed by atoms with E-state index in [4.69, 9.17) is 4.74 Å². The SMILES string of the molecule is CCCCCNC(=O)COC(=O)c1ccc2c(=O)n3c(nc2c1)CCC3. The summed E-state index contributed by atoms with van der Waals surface area (Å²) in [6, 6.07) is 4.68. The van der Waals surface area contributed by atoms with Crippen LogP contribution in [0.25, 0.3) is 10.9 Å². The van der Waals surface area contributed by atoms with Crippen molar-refractivity contribution in [3.05, 3.63) is 39.9 Å². The van der Waals surface area contributed by atoms with Gasteiger partial charge in [0.25, 0.3) is 11.5 Å². The Balaban J connectivity index is 1.65. The molecule has 26 heavy (non-hydrogen) atoms. The van der Waals surface area contributed by atoms with Crippen LogP contribution in [0.3, 0.4) is 0 Å². The molecule has 1 aromatic heterocycles. The van der Waals surface area contributed by atoms with Gasteiger partial charge in [0.05, 0.1) is 16.5 Å². The van der Waals surface area contributed by atoms with Gasteiger partial charge < -0.3 is 10.1 Å². The van der Waals surface area contributed by atoms with Crippen LogP contribution >= 0.6 is 0 Å². The second-order valence-electron chi connectivity index (χ2n) is 6.45. The number of aromatic nitrogens is 2. The lowest BCUT2D eigenvalue weighted by atomic mass is 10.1. The van der Waals surface area contributed by atoms with Crippen molar-refractivity contribution in [3.8, 4) is 0 Å². The van der Waals surface area contributed by atoms with E-state index >= 15 is 0 Å². The predicted octanol–water partition coefficient (Wildman–Crippen LogP) is 1.81. The second kappa shape index (κ2) is 8.12. The number of ether oxygens (including phenoxy) is 1. The first-order chi connectivity index (χ1) is 12.6. The molecule has 1 amide bonds. The smallest absolute Gasteiger partial charge is 0.338 e. The summed E-state index contributed by atoms with van der Waals surface area (Å²) >= 11 is 0. The highest BCUT2D eigenvalue weighted by atomic mass is 16.5. The summed E-state index contributed by atoms with van der Waals surface area (Å²) in [5, 5.41) is 3.20. The van der Waals surface area contributed by atoms with Crippen LogP contribution in [0.1, 0.15) is 48.8 Å². The molecule has 0 bridgehead atoms. The Kier molecular flexibility index (Phi) is 5.65. The molecule has 0 saturated carbocycles. The van der Waals surface area contributed by atoms with Crippen LogP contribution in [-0.4, -0.2) is 34.6 Å². The molecule has 1 N–H and O–H groups in total. The van der Waals surface area contributed by atoms with Crippen molar-refractivity contribution < 1.29 is 14.3 Å². The first-order valence-corrected chi connectivity index (χ1v) is 9.07. The Morgan fingerprint density at radius 3 is 2.96 bits per heavy atom. The largest absolute Gasteiger partial charge is 0.452 e. The molecule has 0 aliphatic carbocycles. The third kappa shape index (κ3) is 3.92. The zero-order valence-corrected chi connectivity index (χ0v) is 14.9. The number of hydrogen-bond acceptors (Lipinski definition) is 5. The van der Waals surface area contributed by atoms with Crippen molar-refractivity contribution in [2.75, 3.05) is 13.2 Å². The Bertz CT molecular complexity index is 888. The lowest BCUT2D eigenvalue weighted by Gasteiger charge is -2.08. The molecule has 138 valence electrons.